The molecule has 5 heteroatoms. The van der Waals surface area contributed by atoms with E-state index in [2.05, 4.69) is 40.2 Å². The topological polar surface area (TPSA) is 58.0 Å². The van der Waals surface area contributed by atoms with E-state index in [1.165, 1.54) is 17.5 Å². The first kappa shape index (κ1) is 14.5. The molecule has 1 N–H and O–H groups in total. The van der Waals surface area contributed by atoms with Gasteiger partial charge >= 0.3 is 0 Å². The summed E-state index contributed by atoms with van der Waals surface area (Å²) in [5.74, 6) is 2.00. The number of fused-ring (bicyclic) bond motifs is 1. The third-order valence-corrected chi connectivity index (χ3v) is 4.88. The van der Waals surface area contributed by atoms with Gasteiger partial charge in [-0.05, 0) is 57.9 Å². The maximum Gasteiger partial charge on any atom is 0.138 e. The van der Waals surface area contributed by atoms with Gasteiger partial charge in [0.25, 0.3) is 0 Å². The fourth-order valence-corrected chi connectivity index (χ4v) is 3.56. The molecule has 5 nitrogen and oxygen atoms in total. The lowest BCUT2D eigenvalue weighted by Gasteiger charge is -2.22. The van der Waals surface area contributed by atoms with Gasteiger partial charge in [-0.2, -0.15) is 0 Å². The Labute approximate surface area is 135 Å². The quantitative estimate of drug-likeness (QED) is 0.799. The van der Waals surface area contributed by atoms with Crippen LogP contribution in [0.15, 0.2) is 22.7 Å². The van der Waals surface area contributed by atoms with Crippen LogP contribution in [0.4, 0.5) is 0 Å². The van der Waals surface area contributed by atoms with E-state index in [-0.39, 0.29) is 0 Å². The molecule has 1 atom stereocenters. The van der Waals surface area contributed by atoms with Gasteiger partial charge in [0.15, 0.2) is 0 Å². The van der Waals surface area contributed by atoms with Crippen molar-refractivity contribution in [2.45, 2.75) is 46.2 Å². The Morgan fingerprint density at radius 2 is 2.17 bits per heavy atom. The molecule has 1 saturated heterocycles. The second-order valence-corrected chi connectivity index (χ2v) is 6.57. The van der Waals surface area contributed by atoms with Gasteiger partial charge < -0.3 is 9.51 Å². The van der Waals surface area contributed by atoms with Gasteiger partial charge in [-0.15, -0.1) is 0 Å². The van der Waals surface area contributed by atoms with Crippen LogP contribution < -0.4 is 0 Å². The van der Waals surface area contributed by atoms with Gasteiger partial charge in [-0.25, -0.2) is 4.98 Å². The first-order valence-electron chi connectivity index (χ1n) is 8.24. The Morgan fingerprint density at radius 1 is 1.30 bits per heavy atom. The second-order valence-electron chi connectivity index (χ2n) is 6.57. The minimum Gasteiger partial charge on any atom is -0.361 e. The van der Waals surface area contributed by atoms with E-state index in [4.69, 9.17) is 9.51 Å². The fourth-order valence-electron chi connectivity index (χ4n) is 3.56. The average molecular weight is 310 g/mol. The molecule has 0 saturated carbocycles. The van der Waals surface area contributed by atoms with Crippen LogP contribution in [0.25, 0.3) is 11.0 Å². The van der Waals surface area contributed by atoms with Crippen molar-refractivity contribution in [3.63, 3.8) is 0 Å². The minimum atomic E-state index is 0.344. The lowest BCUT2D eigenvalue weighted by atomic mass is 10.1. The number of imidazole rings is 1. The molecule has 0 bridgehead atoms. The summed E-state index contributed by atoms with van der Waals surface area (Å²) in [4.78, 5) is 10.8. The van der Waals surface area contributed by atoms with Gasteiger partial charge in [0.05, 0.1) is 22.8 Å². The second kappa shape index (κ2) is 5.49. The van der Waals surface area contributed by atoms with E-state index < -0.39 is 0 Å². The van der Waals surface area contributed by atoms with Crippen molar-refractivity contribution < 1.29 is 4.52 Å². The van der Waals surface area contributed by atoms with Gasteiger partial charge in [0, 0.05) is 12.1 Å². The summed E-state index contributed by atoms with van der Waals surface area (Å²) in [5.41, 5.74) is 5.64. The molecule has 1 aromatic carbocycles. The maximum atomic E-state index is 5.31. The van der Waals surface area contributed by atoms with E-state index in [1.54, 1.807) is 0 Å². The Hall–Kier alpha value is -2.14. The molecule has 0 spiro atoms. The highest BCUT2D eigenvalue weighted by Gasteiger charge is 2.29. The molecule has 0 aliphatic carbocycles. The SMILES string of the molecule is Cc1ccc2nc(C3CCCN3Cc3c(C)noc3C)[nH]c2c1. The number of nitrogens with zero attached hydrogens (tertiary/aromatic N) is 3. The summed E-state index contributed by atoms with van der Waals surface area (Å²) in [7, 11) is 0. The smallest absolute Gasteiger partial charge is 0.138 e. The molecule has 120 valence electrons. The van der Waals surface area contributed by atoms with Crippen molar-refractivity contribution in [2.24, 2.45) is 0 Å². The van der Waals surface area contributed by atoms with Crippen LogP contribution in [-0.2, 0) is 6.54 Å². The summed E-state index contributed by atoms with van der Waals surface area (Å²) in [6, 6.07) is 6.72. The molecule has 23 heavy (non-hydrogen) atoms. The number of aromatic nitrogens is 3. The third kappa shape index (κ3) is 2.55. The van der Waals surface area contributed by atoms with Crippen molar-refractivity contribution in [3.8, 4) is 0 Å². The Balaban J connectivity index is 1.64. The molecule has 1 aliphatic heterocycles. The molecule has 1 fully saturated rings. The van der Waals surface area contributed by atoms with Crippen LogP contribution in [0.5, 0.6) is 0 Å². The number of hydrogen-bond donors (Lipinski definition) is 1. The summed E-state index contributed by atoms with van der Waals surface area (Å²) in [6.45, 7) is 8.08. The lowest BCUT2D eigenvalue weighted by molar-refractivity contribution is 0.239. The number of rotatable bonds is 3. The zero-order chi connectivity index (χ0) is 16.0. The van der Waals surface area contributed by atoms with E-state index in [1.807, 2.05) is 13.8 Å². The zero-order valence-electron chi connectivity index (χ0n) is 13.9. The van der Waals surface area contributed by atoms with Crippen LogP contribution >= 0.6 is 0 Å². The molecule has 4 rings (SSSR count). The normalized spacial score (nSPS) is 19.0. The number of aromatic amines is 1. The molecule has 3 heterocycles. The first-order chi connectivity index (χ1) is 11.1. The van der Waals surface area contributed by atoms with Crippen LogP contribution in [0.2, 0.25) is 0 Å². The number of hydrogen-bond acceptors (Lipinski definition) is 4. The van der Waals surface area contributed by atoms with Crippen molar-refractivity contribution in [3.05, 3.63) is 46.6 Å². The van der Waals surface area contributed by atoms with Crippen LogP contribution in [0, 0.1) is 20.8 Å². The van der Waals surface area contributed by atoms with Crippen molar-refractivity contribution in [2.75, 3.05) is 6.54 Å². The lowest BCUT2D eigenvalue weighted by Crippen LogP contribution is -2.24. The van der Waals surface area contributed by atoms with Crippen molar-refractivity contribution in [1.29, 1.82) is 0 Å². The monoisotopic (exact) mass is 310 g/mol. The summed E-state index contributed by atoms with van der Waals surface area (Å²) >= 11 is 0. The summed E-state index contributed by atoms with van der Waals surface area (Å²) in [5, 5.41) is 4.08. The zero-order valence-corrected chi connectivity index (χ0v) is 13.9. The van der Waals surface area contributed by atoms with Crippen LogP contribution in [0.3, 0.4) is 0 Å². The third-order valence-electron chi connectivity index (χ3n) is 4.88. The predicted octanol–water partition coefficient (Wildman–Crippen LogP) is 3.81. The van der Waals surface area contributed by atoms with E-state index in [0.29, 0.717) is 6.04 Å². The number of H-pyrrole nitrogens is 1. The number of likely N-dealkylation sites (tertiary alicyclic amines) is 1. The molecule has 0 radical (unpaired) electrons. The summed E-state index contributed by atoms with van der Waals surface area (Å²) < 4.78 is 5.31. The van der Waals surface area contributed by atoms with Gasteiger partial charge in [-0.3, -0.25) is 4.90 Å². The van der Waals surface area contributed by atoms with E-state index in [9.17, 15) is 0 Å². The molecule has 0 amide bonds. The highest BCUT2D eigenvalue weighted by atomic mass is 16.5. The maximum absolute atomic E-state index is 5.31. The standard InChI is InChI=1S/C18H22N4O/c1-11-6-7-15-16(9-11)20-18(19-15)17-5-4-8-22(17)10-14-12(2)21-23-13(14)3/h6-7,9,17H,4-5,8,10H2,1-3H3,(H,19,20). The van der Waals surface area contributed by atoms with E-state index in [0.717, 1.165) is 47.8 Å². The van der Waals surface area contributed by atoms with Crippen LogP contribution in [0.1, 0.15) is 47.3 Å². The van der Waals surface area contributed by atoms with Gasteiger partial charge in [0.2, 0.25) is 0 Å². The number of nitrogens with one attached hydrogen (secondary N) is 1. The summed E-state index contributed by atoms with van der Waals surface area (Å²) in [6.07, 6.45) is 2.34. The number of benzene rings is 1. The molecule has 1 aliphatic rings. The molecule has 1 unspecified atom stereocenters. The minimum absolute atomic E-state index is 0.344. The van der Waals surface area contributed by atoms with Crippen molar-refractivity contribution >= 4 is 11.0 Å². The van der Waals surface area contributed by atoms with E-state index >= 15 is 0 Å². The average Bonchev–Trinajstić information content (AvgIpc) is 3.21. The fraction of sp³-hybridized carbons (Fsp3) is 0.444. The Kier molecular flexibility index (Phi) is 3.45. The van der Waals surface area contributed by atoms with Gasteiger partial charge in [0.1, 0.15) is 11.6 Å². The highest BCUT2D eigenvalue weighted by Crippen LogP contribution is 2.33. The number of aryl methyl sites for hydroxylation is 3. The molecule has 3 aromatic rings. The predicted molar refractivity (Wildman–Crippen MR) is 89.2 cm³/mol. The highest BCUT2D eigenvalue weighted by molar-refractivity contribution is 5.75. The molecule has 2 aromatic heterocycles. The van der Waals surface area contributed by atoms with Crippen molar-refractivity contribution in [1.82, 2.24) is 20.0 Å². The largest absolute Gasteiger partial charge is 0.361 e. The molecular weight excluding hydrogens is 288 g/mol. The Morgan fingerprint density at radius 3 is 2.96 bits per heavy atom. The van der Waals surface area contributed by atoms with Crippen LogP contribution in [-0.4, -0.2) is 26.6 Å². The van der Waals surface area contributed by atoms with Gasteiger partial charge in [-0.1, -0.05) is 11.2 Å². The first-order valence-corrected chi connectivity index (χ1v) is 8.24. The Bertz CT molecular complexity index is 828. The molecular formula is C18H22N4O.